The first kappa shape index (κ1) is 12.5. The first-order chi connectivity index (χ1) is 10.3. The summed E-state index contributed by atoms with van der Waals surface area (Å²) in [7, 11) is 0. The van der Waals surface area contributed by atoms with Crippen LogP contribution < -0.4 is 0 Å². The maximum Gasteiger partial charge on any atom is 0.0715 e. The zero-order chi connectivity index (χ0) is 14.2. The van der Waals surface area contributed by atoms with Gasteiger partial charge in [0.1, 0.15) is 0 Å². The van der Waals surface area contributed by atoms with E-state index in [0.717, 1.165) is 15.5 Å². The third-order valence-corrected chi connectivity index (χ3v) is 4.19. The highest BCUT2D eigenvalue weighted by Gasteiger charge is 2.10. The molecule has 4 aromatic rings. The minimum absolute atomic E-state index is 1.03. The Kier molecular flexibility index (Phi) is 2.97. The van der Waals surface area contributed by atoms with Gasteiger partial charge in [-0.3, -0.25) is 0 Å². The number of rotatable bonds is 1. The summed E-state index contributed by atoms with van der Waals surface area (Å²) < 4.78 is 1.09. The van der Waals surface area contributed by atoms with E-state index in [-0.39, 0.29) is 0 Å². The Morgan fingerprint density at radius 1 is 0.667 bits per heavy atom. The van der Waals surface area contributed by atoms with E-state index in [9.17, 15) is 0 Å². The van der Waals surface area contributed by atoms with Gasteiger partial charge in [0, 0.05) is 20.8 Å². The average Bonchev–Trinajstić information content (AvgIpc) is 2.52. The van der Waals surface area contributed by atoms with Crippen LogP contribution in [0.2, 0.25) is 0 Å². The number of halogens is 1. The molecule has 1 aromatic heterocycles. The Bertz CT molecular complexity index is 906. The van der Waals surface area contributed by atoms with E-state index < -0.39 is 0 Å². The Morgan fingerprint density at radius 2 is 1.29 bits per heavy atom. The molecule has 0 aliphatic rings. The van der Waals surface area contributed by atoms with E-state index in [1.54, 1.807) is 0 Å². The summed E-state index contributed by atoms with van der Waals surface area (Å²) >= 11 is 3.57. The van der Waals surface area contributed by atoms with Crippen molar-refractivity contribution in [3.05, 3.63) is 77.3 Å². The van der Waals surface area contributed by atoms with Gasteiger partial charge in [0.25, 0.3) is 0 Å². The minimum Gasteiger partial charge on any atom is -0.248 e. The SMILES string of the molecule is Brc1cccc(-c2c3ccccc3nc3ccccc23)c1. The quantitative estimate of drug-likeness (QED) is 0.400. The molecule has 0 spiro atoms. The molecule has 0 aliphatic heterocycles. The molecule has 0 N–H and O–H groups in total. The molecule has 0 bridgehead atoms. The fourth-order valence-electron chi connectivity index (χ4n) is 2.79. The van der Waals surface area contributed by atoms with Crippen LogP contribution in [0.15, 0.2) is 77.3 Å². The van der Waals surface area contributed by atoms with Crippen LogP contribution in [0.3, 0.4) is 0 Å². The van der Waals surface area contributed by atoms with Crippen LogP contribution in [-0.4, -0.2) is 4.98 Å². The molecule has 100 valence electrons. The number of fused-ring (bicyclic) bond motifs is 2. The maximum absolute atomic E-state index is 4.77. The average molecular weight is 334 g/mol. The van der Waals surface area contributed by atoms with Gasteiger partial charge in [0.05, 0.1) is 11.0 Å². The zero-order valence-corrected chi connectivity index (χ0v) is 12.8. The van der Waals surface area contributed by atoms with Gasteiger partial charge in [-0.05, 0) is 29.8 Å². The summed E-state index contributed by atoms with van der Waals surface area (Å²) in [4.78, 5) is 4.77. The third-order valence-electron chi connectivity index (χ3n) is 3.70. The van der Waals surface area contributed by atoms with Crippen molar-refractivity contribution in [2.24, 2.45) is 0 Å². The molecule has 0 saturated carbocycles. The Balaban J connectivity index is 2.21. The second kappa shape index (κ2) is 4.97. The van der Waals surface area contributed by atoms with Gasteiger partial charge in [-0.15, -0.1) is 0 Å². The minimum atomic E-state index is 1.03. The molecule has 21 heavy (non-hydrogen) atoms. The molecule has 1 heterocycles. The van der Waals surface area contributed by atoms with Crippen LogP contribution in [0.5, 0.6) is 0 Å². The molecular weight excluding hydrogens is 322 g/mol. The van der Waals surface area contributed by atoms with Crippen molar-refractivity contribution in [2.75, 3.05) is 0 Å². The lowest BCUT2D eigenvalue weighted by Crippen LogP contribution is -1.88. The van der Waals surface area contributed by atoms with E-state index in [1.165, 1.54) is 21.9 Å². The van der Waals surface area contributed by atoms with E-state index in [2.05, 4.69) is 76.6 Å². The molecule has 1 nitrogen and oxygen atoms in total. The largest absolute Gasteiger partial charge is 0.248 e. The van der Waals surface area contributed by atoms with Crippen molar-refractivity contribution < 1.29 is 0 Å². The molecule has 0 aliphatic carbocycles. The summed E-state index contributed by atoms with van der Waals surface area (Å²) in [5, 5.41) is 2.38. The highest BCUT2D eigenvalue weighted by atomic mass is 79.9. The standard InChI is InChI=1S/C19H12BrN/c20-14-7-5-6-13(12-14)19-15-8-1-3-10-17(15)21-18-11-4-2-9-16(18)19/h1-12H. The first-order valence-electron chi connectivity index (χ1n) is 6.86. The van der Waals surface area contributed by atoms with Crippen molar-refractivity contribution >= 4 is 37.7 Å². The smallest absolute Gasteiger partial charge is 0.0715 e. The number of hydrogen-bond donors (Lipinski definition) is 0. The fourth-order valence-corrected chi connectivity index (χ4v) is 3.19. The van der Waals surface area contributed by atoms with Crippen LogP contribution in [0.25, 0.3) is 32.9 Å². The van der Waals surface area contributed by atoms with Crippen molar-refractivity contribution in [3.63, 3.8) is 0 Å². The highest BCUT2D eigenvalue weighted by molar-refractivity contribution is 9.10. The van der Waals surface area contributed by atoms with Gasteiger partial charge < -0.3 is 0 Å². The van der Waals surface area contributed by atoms with Crippen LogP contribution >= 0.6 is 15.9 Å². The molecule has 0 unspecified atom stereocenters. The van der Waals surface area contributed by atoms with Crippen molar-refractivity contribution in [1.82, 2.24) is 4.98 Å². The predicted octanol–water partition coefficient (Wildman–Crippen LogP) is 5.82. The summed E-state index contributed by atoms with van der Waals surface area (Å²) in [5.74, 6) is 0. The normalized spacial score (nSPS) is 11.1. The molecule has 2 heteroatoms. The number of para-hydroxylation sites is 2. The summed E-state index contributed by atoms with van der Waals surface area (Å²) in [5.41, 5.74) is 4.52. The van der Waals surface area contributed by atoms with Gasteiger partial charge in [-0.25, -0.2) is 4.98 Å². The predicted molar refractivity (Wildman–Crippen MR) is 92.4 cm³/mol. The monoisotopic (exact) mass is 333 g/mol. The number of benzene rings is 3. The maximum atomic E-state index is 4.77. The summed E-state index contributed by atoms with van der Waals surface area (Å²) in [6, 6.07) is 25.1. The topological polar surface area (TPSA) is 12.9 Å². The third kappa shape index (κ3) is 2.12. The zero-order valence-electron chi connectivity index (χ0n) is 11.3. The van der Waals surface area contributed by atoms with E-state index in [0.29, 0.717) is 0 Å². The Labute approximate surface area is 131 Å². The van der Waals surface area contributed by atoms with Crippen LogP contribution in [0, 0.1) is 0 Å². The lowest BCUT2D eigenvalue weighted by atomic mass is 9.96. The van der Waals surface area contributed by atoms with Crippen molar-refractivity contribution in [2.45, 2.75) is 0 Å². The Hall–Kier alpha value is -2.19. The molecule has 3 aromatic carbocycles. The first-order valence-corrected chi connectivity index (χ1v) is 7.66. The van der Waals surface area contributed by atoms with Crippen molar-refractivity contribution in [1.29, 1.82) is 0 Å². The van der Waals surface area contributed by atoms with Gasteiger partial charge in [0.2, 0.25) is 0 Å². The highest BCUT2D eigenvalue weighted by Crippen LogP contribution is 2.35. The van der Waals surface area contributed by atoms with Crippen molar-refractivity contribution in [3.8, 4) is 11.1 Å². The van der Waals surface area contributed by atoms with E-state index in [1.807, 2.05) is 12.1 Å². The number of pyridine rings is 1. The molecular formula is C19H12BrN. The molecule has 0 radical (unpaired) electrons. The van der Waals surface area contributed by atoms with Gasteiger partial charge in [0.15, 0.2) is 0 Å². The molecule has 0 saturated heterocycles. The Morgan fingerprint density at radius 3 is 1.90 bits per heavy atom. The lowest BCUT2D eigenvalue weighted by Gasteiger charge is -2.11. The fraction of sp³-hybridized carbons (Fsp3) is 0. The summed E-state index contributed by atoms with van der Waals surface area (Å²) in [6.07, 6.45) is 0. The number of nitrogens with zero attached hydrogens (tertiary/aromatic N) is 1. The molecule has 0 fully saturated rings. The molecule has 4 rings (SSSR count). The van der Waals surface area contributed by atoms with E-state index >= 15 is 0 Å². The van der Waals surface area contributed by atoms with Gasteiger partial charge >= 0.3 is 0 Å². The lowest BCUT2D eigenvalue weighted by molar-refractivity contribution is 1.49. The van der Waals surface area contributed by atoms with Crippen LogP contribution in [0.4, 0.5) is 0 Å². The van der Waals surface area contributed by atoms with Gasteiger partial charge in [-0.2, -0.15) is 0 Å². The van der Waals surface area contributed by atoms with E-state index in [4.69, 9.17) is 4.98 Å². The summed E-state index contributed by atoms with van der Waals surface area (Å²) in [6.45, 7) is 0. The number of hydrogen-bond acceptors (Lipinski definition) is 1. The van der Waals surface area contributed by atoms with Gasteiger partial charge in [-0.1, -0.05) is 64.5 Å². The molecule has 0 atom stereocenters. The second-order valence-electron chi connectivity index (χ2n) is 5.03. The van der Waals surface area contributed by atoms with Crippen LogP contribution in [0.1, 0.15) is 0 Å². The second-order valence-corrected chi connectivity index (χ2v) is 5.95. The molecule has 0 amide bonds. The van der Waals surface area contributed by atoms with Crippen LogP contribution in [-0.2, 0) is 0 Å². The number of aromatic nitrogens is 1.